The van der Waals surface area contributed by atoms with Gasteiger partial charge in [0.2, 0.25) is 0 Å². The van der Waals surface area contributed by atoms with Crippen molar-refractivity contribution in [1.82, 2.24) is 0 Å². The van der Waals surface area contributed by atoms with Crippen molar-refractivity contribution in [1.29, 1.82) is 0 Å². The number of carbonyl (C=O) groups excluding carboxylic acids is 4. The average molecular weight is 329 g/mol. The first-order valence-corrected chi connectivity index (χ1v) is 6.84. The van der Waals surface area contributed by atoms with Gasteiger partial charge < -0.3 is 24.1 Å². The van der Waals surface area contributed by atoms with E-state index in [-0.39, 0.29) is 6.10 Å². The topological polar surface area (TPSA) is 119 Å². The molecule has 0 saturated heterocycles. The summed E-state index contributed by atoms with van der Waals surface area (Å²) >= 11 is 0. The molecule has 0 fully saturated rings. The van der Waals surface area contributed by atoms with Crippen molar-refractivity contribution >= 4 is 23.9 Å². The second-order valence-electron chi connectivity index (χ2n) is 3.98. The highest BCUT2D eigenvalue weighted by molar-refractivity contribution is 5.91. The molecule has 0 spiro atoms. The van der Waals surface area contributed by atoms with E-state index >= 15 is 0 Å². The van der Waals surface area contributed by atoms with Gasteiger partial charge >= 0.3 is 17.9 Å². The van der Waals surface area contributed by atoms with Crippen molar-refractivity contribution in [2.75, 3.05) is 13.2 Å². The molecule has 0 aliphatic rings. The Hall–Kier alpha value is -2.64. The molecule has 0 radical (unpaired) electrons. The first kappa shape index (κ1) is 22.6. The molecule has 0 rings (SSSR count). The van der Waals surface area contributed by atoms with Gasteiger partial charge in [-0.2, -0.15) is 0 Å². The number of hydrogen-bond donors (Lipinski definition) is 0. The third kappa shape index (κ3) is 19.4. The fourth-order valence-corrected chi connectivity index (χ4v) is 0.924. The zero-order valence-corrected chi connectivity index (χ0v) is 13.6. The lowest BCUT2D eigenvalue weighted by molar-refractivity contribution is -0.297. The molecule has 0 unspecified atom stereocenters. The Kier molecular flexibility index (Phi) is 14.1. The van der Waals surface area contributed by atoms with Gasteiger partial charge in [0.15, 0.2) is 0 Å². The van der Waals surface area contributed by atoms with Gasteiger partial charge in [-0.25, -0.2) is 14.4 Å². The van der Waals surface area contributed by atoms with Crippen LogP contribution in [0.1, 0.15) is 27.7 Å². The maximum Gasteiger partial charge on any atom is 0.331 e. The average Bonchev–Trinajstić information content (AvgIpc) is 2.44. The third-order valence-electron chi connectivity index (χ3n) is 1.64. The third-order valence-corrected chi connectivity index (χ3v) is 1.64. The van der Waals surface area contributed by atoms with Crippen molar-refractivity contribution in [2.24, 2.45) is 0 Å². The molecule has 130 valence electrons. The van der Waals surface area contributed by atoms with Crippen LogP contribution in [0.4, 0.5) is 0 Å². The minimum Gasteiger partial charge on any atom is -0.545 e. The molecule has 8 nitrogen and oxygen atoms in total. The molecule has 0 saturated carbocycles. The van der Waals surface area contributed by atoms with E-state index in [0.717, 1.165) is 18.2 Å². The summed E-state index contributed by atoms with van der Waals surface area (Å²) in [5.41, 5.74) is 0. The summed E-state index contributed by atoms with van der Waals surface area (Å²) in [6.07, 6.45) is 3.29. The standard InChI is InChI=1S/C8H12O4.C7H10O4/c1-3-11-7(9)5-6-8(10)12-4-2;1-5(2)11-7(10)4-3-6(8)9/h5-6H,3-4H2,1-2H3;3-5H,1-2H3,(H,8,9)/p-1/b6-5+;4-3+. The molecule has 0 aliphatic heterocycles. The molecular weight excluding hydrogens is 308 g/mol. The second kappa shape index (κ2) is 14.3. The van der Waals surface area contributed by atoms with E-state index < -0.39 is 23.9 Å². The van der Waals surface area contributed by atoms with Gasteiger partial charge in [0.05, 0.1) is 25.3 Å². The monoisotopic (exact) mass is 329 g/mol. The number of carboxylic acids is 1. The van der Waals surface area contributed by atoms with Crippen LogP contribution in [0.2, 0.25) is 0 Å². The van der Waals surface area contributed by atoms with E-state index in [9.17, 15) is 24.3 Å². The number of ether oxygens (including phenoxy) is 3. The minimum absolute atomic E-state index is 0.242. The molecule has 0 amide bonds. The van der Waals surface area contributed by atoms with Gasteiger partial charge in [0, 0.05) is 18.2 Å². The van der Waals surface area contributed by atoms with Gasteiger partial charge in [0.1, 0.15) is 0 Å². The number of rotatable bonds is 7. The molecular formula is C15H21O8-. The van der Waals surface area contributed by atoms with Crippen molar-refractivity contribution in [3.8, 4) is 0 Å². The SMILES string of the molecule is CC(C)OC(=O)/C=C/C(=O)[O-].CCOC(=O)/C=C/C(=O)OCC. The van der Waals surface area contributed by atoms with Crippen LogP contribution in [0.25, 0.3) is 0 Å². The van der Waals surface area contributed by atoms with Gasteiger partial charge in [0.25, 0.3) is 0 Å². The van der Waals surface area contributed by atoms with Gasteiger partial charge in [-0.05, 0) is 33.8 Å². The quantitative estimate of drug-likeness (QED) is 0.361. The van der Waals surface area contributed by atoms with Crippen molar-refractivity contribution in [2.45, 2.75) is 33.8 Å². The Morgan fingerprint density at radius 3 is 1.52 bits per heavy atom. The summed E-state index contributed by atoms with van der Waals surface area (Å²) < 4.78 is 13.7. The van der Waals surface area contributed by atoms with Crippen LogP contribution >= 0.6 is 0 Å². The maximum absolute atomic E-state index is 10.6. The highest BCUT2D eigenvalue weighted by Crippen LogP contribution is 1.89. The predicted octanol–water partition coefficient (Wildman–Crippen LogP) is -0.0871. The number of aliphatic carboxylic acids is 1. The summed E-state index contributed by atoms with van der Waals surface area (Å²) in [7, 11) is 0. The Bertz CT molecular complexity index is 428. The summed E-state index contributed by atoms with van der Waals surface area (Å²) in [5, 5.41) is 9.78. The Morgan fingerprint density at radius 1 is 0.826 bits per heavy atom. The van der Waals surface area contributed by atoms with Crippen LogP contribution in [0.5, 0.6) is 0 Å². The first-order valence-electron chi connectivity index (χ1n) is 6.84. The van der Waals surface area contributed by atoms with Gasteiger partial charge in [-0.1, -0.05) is 0 Å². The summed E-state index contributed by atoms with van der Waals surface area (Å²) in [6.45, 7) is 7.32. The van der Waals surface area contributed by atoms with Crippen LogP contribution < -0.4 is 5.11 Å². The molecule has 0 bridgehead atoms. The molecule has 0 N–H and O–H groups in total. The molecule has 0 aliphatic carbocycles. The molecule has 0 heterocycles. The Morgan fingerprint density at radius 2 is 1.22 bits per heavy atom. The van der Waals surface area contributed by atoms with Crippen LogP contribution in [0.15, 0.2) is 24.3 Å². The Labute approximate surface area is 134 Å². The maximum atomic E-state index is 10.6. The fourth-order valence-electron chi connectivity index (χ4n) is 0.924. The number of carboxylic acid groups (broad SMARTS) is 1. The van der Waals surface area contributed by atoms with Gasteiger partial charge in [-0.15, -0.1) is 0 Å². The van der Waals surface area contributed by atoms with E-state index in [1.165, 1.54) is 0 Å². The summed E-state index contributed by atoms with van der Waals surface area (Å²) in [6, 6.07) is 0. The largest absolute Gasteiger partial charge is 0.545 e. The highest BCUT2D eigenvalue weighted by atomic mass is 16.5. The lowest BCUT2D eigenvalue weighted by Gasteiger charge is -2.03. The Balaban J connectivity index is 0. The number of esters is 3. The first-order chi connectivity index (χ1) is 10.7. The smallest absolute Gasteiger partial charge is 0.331 e. The lowest BCUT2D eigenvalue weighted by atomic mass is 10.4. The molecule has 8 heteroatoms. The molecule has 0 atom stereocenters. The zero-order valence-electron chi connectivity index (χ0n) is 13.6. The van der Waals surface area contributed by atoms with Crippen molar-refractivity contribution in [3.63, 3.8) is 0 Å². The lowest BCUT2D eigenvalue weighted by Crippen LogP contribution is -2.19. The van der Waals surface area contributed by atoms with Crippen LogP contribution in [-0.4, -0.2) is 43.2 Å². The van der Waals surface area contributed by atoms with E-state index in [1.54, 1.807) is 27.7 Å². The highest BCUT2D eigenvalue weighted by Gasteiger charge is 1.98. The normalized spacial score (nSPS) is 10.1. The minimum atomic E-state index is -1.41. The van der Waals surface area contributed by atoms with Crippen LogP contribution in [-0.2, 0) is 33.4 Å². The summed E-state index contributed by atoms with van der Waals surface area (Å²) in [5.74, 6) is -3.16. The molecule has 23 heavy (non-hydrogen) atoms. The molecule has 0 aromatic carbocycles. The number of carbonyl (C=O) groups is 4. The molecule has 0 aromatic rings. The van der Waals surface area contributed by atoms with Crippen molar-refractivity contribution < 1.29 is 38.5 Å². The summed E-state index contributed by atoms with van der Waals surface area (Å²) in [4.78, 5) is 41.6. The van der Waals surface area contributed by atoms with E-state index in [1.807, 2.05) is 0 Å². The van der Waals surface area contributed by atoms with E-state index in [0.29, 0.717) is 19.3 Å². The van der Waals surface area contributed by atoms with Gasteiger partial charge in [-0.3, -0.25) is 0 Å². The van der Waals surface area contributed by atoms with Crippen molar-refractivity contribution in [3.05, 3.63) is 24.3 Å². The number of hydrogen-bond acceptors (Lipinski definition) is 8. The van der Waals surface area contributed by atoms with E-state index in [4.69, 9.17) is 0 Å². The predicted molar refractivity (Wildman–Crippen MR) is 77.8 cm³/mol. The van der Waals surface area contributed by atoms with Crippen LogP contribution in [0, 0.1) is 0 Å². The zero-order chi connectivity index (χ0) is 18.3. The van der Waals surface area contributed by atoms with Crippen LogP contribution in [0.3, 0.4) is 0 Å². The fraction of sp³-hybridized carbons (Fsp3) is 0.467. The molecule has 0 aromatic heterocycles. The second-order valence-corrected chi connectivity index (χ2v) is 3.98. The van der Waals surface area contributed by atoms with E-state index in [2.05, 4.69) is 14.2 Å².